The zero-order valence-electron chi connectivity index (χ0n) is 17.6. The van der Waals surface area contributed by atoms with E-state index in [0.29, 0.717) is 43.2 Å². The van der Waals surface area contributed by atoms with E-state index in [1.54, 1.807) is 31.2 Å². The zero-order chi connectivity index (χ0) is 23.1. The fraction of sp³-hybridized carbons (Fsp3) is 0.391. The van der Waals surface area contributed by atoms with Gasteiger partial charge in [-0.2, -0.15) is 18.4 Å². The molecule has 1 fully saturated rings. The number of ether oxygens (including phenoxy) is 2. The minimum Gasteiger partial charge on any atom is -0.481 e. The van der Waals surface area contributed by atoms with Crippen LogP contribution >= 0.6 is 0 Å². The Hall–Kier alpha value is -3.09. The van der Waals surface area contributed by atoms with Gasteiger partial charge in [0.25, 0.3) is 5.91 Å². The van der Waals surface area contributed by atoms with E-state index in [4.69, 9.17) is 14.7 Å². The van der Waals surface area contributed by atoms with E-state index in [1.807, 2.05) is 6.07 Å². The van der Waals surface area contributed by atoms with E-state index in [1.165, 1.54) is 12.1 Å². The Labute approximate surface area is 184 Å². The molecule has 1 heterocycles. The number of rotatable bonds is 7. The second-order valence-corrected chi connectivity index (χ2v) is 7.43. The van der Waals surface area contributed by atoms with Gasteiger partial charge >= 0.3 is 6.18 Å². The molecule has 2 aromatic rings. The van der Waals surface area contributed by atoms with Crippen LogP contribution in [0.2, 0.25) is 0 Å². The van der Waals surface area contributed by atoms with Gasteiger partial charge in [0.1, 0.15) is 5.75 Å². The van der Waals surface area contributed by atoms with Crippen LogP contribution < -0.4 is 10.1 Å². The van der Waals surface area contributed by atoms with Gasteiger partial charge in [-0.15, -0.1) is 0 Å². The maximum Gasteiger partial charge on any atom is 0.416 e. The Morgan fingerprint density at radius 1 is 1.16 bits per heavy atom. The van der Waals surface area contributed by atoms with Crippen LogP contribution in [0.3, 0.4) is 0 Å². The number of benzene rings is 2. The second-order valence-electron chi connectivity index (χ2n) is 7.43. The maximum absolute atomic E-state index is 12.9. The highest BCUT2D eigenvalue weighted by atomic mass is 19.4. The predicted octanol–water partition coefficient (Wildman–Crippen LogP) is 3.53. The smallest absolute Gasteiger partial charge is 0.416 e. The number of hydrogen-bond acceptors (Lipinski definition) is 5. The lowest BCUT2D eigenvalue weighted by atomic mass is 10.0. The van der Waals surface area contributed by atoms with Gasteiger partial charge in [0.05, 0.1) is 36.5 Å². The van der Waals surface area contributed by atoms with Crippen molar-refractivity contribution in [2.75, 3.05) is 32.8 Å². The van der Waals surface area contributed by atoms with E-state index in [-0.39, 0.29) is 18.5 Å². The number of alkyl halides is 3. The molecule has 1 aliphatic heterocycles. The topological polar surface area (TPSA) is 74.6 Å². The highest BCUT2D eigenvalue weighted by Gasteiger charge is 2.31. The molecule has 0 radical (unpaired) electrons. The van der Waals surface area contributed by atoms with Crippen molar-refractivity contribution in [3.05, 3.63) is 65.2 Å². The summed E-state index contributed by atoms with van der Waals surface area (Å²) in [6.07, 6.45) is -5.19. The summed E-state index contributed by atoms with van der Waals surface area (Å²) in [6.45, 7) is 4.07. The molecule has 2 atom stereocenters. The van der Waals surface area contributed by atoms with E-state index in [9.17, 15) is 18.0 Å². The van der Waals surface area contributed by atoms with E-state index in [2.05, 4.69) is 10.2 Å². The summed E-state index contributed by atoms with van der Waals surface area (Å²) in [7, 11) is 0. The van der Waals surface area contributed by atoms with Crippen molar-refractivity contribution in [2.24, 2.45) is 0 Å². The number of morpholine rings is 1. The molecule has 0 bridgehead atoms. The lowest BCUT2D eigenvalue weighted by Crippen LogP contribution is -2.45. The first kappa shape index (κ1) is 23.6. The van der Waals surface area contributed by atoms with Crippen LogP contribution in [0.4, 0.5) is 13.2 Å². The van der Waals surface area contributed by atoms with Crippen molar-refractivity contribution < 1.29 is 27.4 Å². The summed E-state index contributed by atoms with van der Waals surface area (Å²) in [6, 6.07) is 13.1. The number of nitriles is 1. The molecule has 0 aliphatic carbocycles. The molecule has 9 heteroatoms. The van der Waals surface area contributed by atoms with Crippen LogP contribution in [-0.2, 0) is 15.7 Å². The third-order valence-corrected chi connectivity index (χ3v) is 5.24. The van der Waals surface area contributed by atoms with Crippen LogP contribution in [-0.4, -0.2) is 49.8 Å². The Bertz CT molecular complexity index is 934. The molecule has 0 spiro atoms. The minimum atomic E-state index is -4.40. The molecule has 0 aromatic heterocycles. The summed E-state index contributed by atoms with van der Waals surface area (Å²) in [4.78, 5) is 14.7. The van der Waals surface area contributed by atoms with Crippen molar-refractivity contribution >= 4 is 5.91 Å². The van der Waals surface area contributed by atoms with Crippen LogP contribution in [0.15, 0.2) is 48.5 Å². The number of carbonyl (C=O) groups excluding carboxylic acids is 1. The average molecular weight is 447 g/mol. The van der Waals surface area contributed by atoms with Gasteiger partial charge in [-0.05, 0) is 48.9 Å². The third kappa shape index (κ3) is 6.22. The zero-order valence-corrected chi connectivity index (χ0v) is 17.6. The lowest BCUT2D eigenvalue weighted by Gasteiger charge is -2.35. The fourth-order valence-electron chi connectivity index (χ4n) is 3.45. The first-order chi connectivity index (χ1) is 15.3. The Balaban J connectivity index is 1.66. The summed E-state index contributed by atoms with van der Waals surface area (Å²) in [5.74, 6) is 0.110. The quantitative estimate of drug-likeness (QED) is 0.703. The number of halogens is 3. The summed E-state index contributed by atoms with van der Waals surface area (Å²) >= 11 is 0. The standard InChI is InChI=1S/C23H24F3N3O3/c1-16(32-20-8-2-17(14-27)3-9-20)22(30)28-15-21(29-10-12-31-13-11-29)18-4-6-19(7-5-18)23(24,25)26/h2-9,16,21H,10-13,15H2,1H3,(H,28,30). The molecule has 1 saturated heterocycles. The number of amides is 1. The normalized spacial score (nSPS) is 16.6. The molecular formula is C23H24F3N3O3. The Kier molecular flexibility index (Phi) is 7.72. The monoisotopic (exact) mass is 447 g/mol. The SMILES string of the molecule is CC(Oc1ccc(C#N)cc1)C(=O)NCC(c1ccc(C(F)(F)F)cc1)N1CCOCC1. The van der Waals surface area contributed by atoms with Gasteiger partial charge in [-0.3, -0.25) is 9.69 Å². The molecule has 32 heavy (non-hydrogen) atoms. The number of nitrogens with one attached hydrogen (secondary N) is 1. The number of hydrogen-bond donors (Lipinski definition) is 1. The van der Waals surface area contributed by atoms with Gasteiger partial charge in [-0.25, -0.2) is 0 Å². The van der Waals surface area contributed by atoms with Gasteiger partial charge in [0.2, 0.25) is 0 Å². The molecule has 0 saturated carbocycles. The highest BCUT2D eigenvalue weighted by molar-refractivity contribution is 5.80. The second kappa shape index (κ2) is 10.5. The third-order valence-electron chi connectivity index (χ3n) is 5.24. The molecule has 3 rings (SSSR count). The van der Waals surface area contributed by atoms with Gasteiger partial charge in [-0.1, -0.05) is 12.1 Å². The van der Waals surface area contributed by atoms with Crippen molar-refractivity contribution in [1.29, 1.82) is 5.26 Å². The van der Waals surface area contributed by atoms with Crippen molar-refractivity contribution in [1.82, 2.24) is 10.2 Å². The number of nitrogens with zero attached hydrogens (tertiary/aromatic N) is 2. The molecule has 6 nitrogen and oxygen atoms in total. The Morgan fingerprint density at radius 3 is 2.34 bits per heavy atom. The van der Waals surface area contributed by atoms with E-state index in [0.717, 1.165) is 12.1 Å². The van der Waals surface area contributed by atoms with E-state index < -0.39 is 17.8 Å². The van der Waals surface area contributed by atoms with Gasteiger partial charge < -0.3 is 14.8 Å². The van der Waals surface area contributed by atoms with Gasteiger partial charge in [0.15, 0.2) is 6.10 Å². The van der Waals surface area contributed by atoms with Crippen molar-refractivity contribution in [3.63, 3.8) is 0 Å². The van der Waals surface area contributed by atoms with Gasteiger partial charge in [0, 0.05) is 19.6 Å². The molecule has 2 unspecified atom stereocenters. The predicted molar refractivity (Wildman–Crippen MR) is 111 cm³/mol. The van der Waals surface area contributed by atoms with Crippen LogP contribution in [0.25, 0.3) is 0 Å². The lowest BCUT2D eigenvalue weighted by molar-refractivity contribution is -0.137. The first-order valence-corrected chi connectivity index (χ1v) is 10.2. The van der Waals surface area contributed by atoms with Crippen LogP contribution in [0, 0.1) is 11.3 Å². The summed E-state index contributed by atoms with van der Waals surface area (Å²) in [5.41, 5.74) is 0.454. The first-order valence-electron chi connectivity index (χ1n) is 10.2. The average Bonchev–Trinajstić information content (AvgIpc) is 2.80. The molecule has 1 N–H and O–H groups in total. The summed E-state index contributed by atoms with van der Waals surface area (Å²) in [5, 5.41) is 11.7. The van der Waals surface area contributed by atoms with Crippen molar-refractivity contribution in [3.8, 4) is 11.8 Å². The molecule has 2 aromatic carbocycles. The molecule has 170 valence electrons. The number of carbonyl (C=O) groups is 1. The maximum atomic E-state index is 12.9. The largest absolute Gasteiger partial charge is 0.481 e. The molecule has 1 amide bonds. The molecule has 1 aliphatic rings. The fourth-order valence-corrected chi connectivity index (χ4v) is 3.45. The Morgan fingerprint density at radius 2 is 1.78 bits per heavy atom. The highest BCUT2D eigenvalue weighted by Crippen LogP contribution is 2.31. The minimum absolute atomic E-state index is 0.214. The van der Waals surface area contributed by atoms with Crippen molar-refractivity contribution in [2.45, 2.75) is 25.2 Å². The van der Waals surface area contributed by atoms with Crippen LogP contribution in [0.5, 0.6) is 5.75 Å². The van der Waals surface area contributed by atoms with E-state index >= 15 is 0 Å². The molecular weight excluding hydrogens is 423 g/mol. The summed E-state index contributed by atoms with van der Waals surface area (Å²) < 4.78 is 49.8. The van der Waals surface area contributed by atoms with Crippen LogP contribution in [0.1, 0.15) is 29.7 Å².